The van der Waals surface area contributed by atoms with E-state index in [4.69, 9.17) is 10.2 Å². The lowest BCUT2D eigenvalue weighted by atomic mass is 10.2. The molecule has 0 aromatic carbocycles. The number of amides is 2. The summed E-state index contributed by atoms with van der Waals surface area (Å²) in [5.41, 5.74) is 0. The second kappa shape index (κ2) is 7.75. The van der Waals surface area contributed by atoms with Gasteiger partial charge in [0, 0.05) is 31.5 Å². The Balaban J connectivity index is 2.40. The Morgan fingerprint density at radius 3 is 2.79 bits per heavy atom. The third-order valence-electron chi connectivity index (χ3n) is 2.63. The number of carboxylic acids is 1. The van der Waals surface area contributed by atoms with Gasteiger partial charge >= 0.3 is 12.0 Å². The summed E-state index contributed by atoms with van der Waals surface area (Å²) in [7, 11) is 1.61. The van der Waals surface area contributed by atoms with Crippen LogP contribution in [0, 0.1) is 0 Å². The Bertz CT molecular complexity index is 408. The van der Waals surface area contributed by atoms with Crippen LogP contribution < -0.4 is 5.32 Å². The standard InChI is InChI=1S/C12H18N2O4S/c1-14(6-4-9-3-2-8-19-9)12(18)13-10(5-7-15)11(16)17/h2-3,8,10,15H,4-7H2,1H3,(H,13,18)(H,16,17). The molecule has 6 nitrogen and oxygen atoms in total. The first-order valence-corrected chi connectivity index (χ1v) is 6.80. The number of aliphatic hydroxyl groups is 1. The van der Waals surface area contributed by atoms with Gasteiger partial charge in [-0.05, 0) is 17.9 Å². The number of aliphatic hydroxyl groups excluding tert-OH is 1. The molecule has 2 amide bonds. The number of thiophene rings is 1. The van der Waals surface area contributed by atoms with Crippen molar-refractivity contribution in [3.63, 3.8) is 0 Å². The van der Waals surface area contributed by atoms with Crippen molar-refractivity contribution in [2.45, 2.75) is 18.9 Å². The number of likely N-dealkylation sites (N-methyl/N-ethyl adjacent to an activating group) is 1. The molecule has 0 aliphatic heterocycles. The topological polar surface area (TPSA) is 89.9 Å². The van der Waals surface area contributed by atoms with Gasteiger partial charge in [-0.3, -0.25) is 0 Å². The lowest BCUT2D eigenvalue weighted by Gasteiger charge is -2.20. The highest BCUT2D eigenvalue weighted by Gasteiger charge is 2.20. The quantitative estimate of drug-likeness (QED) is 0.690. The first-order chi connectivity index (χ1) is 9.04. The van der Waals surface area contributed by atoms with Crippen molar-refractivity contribution < 1.29 is 19.8 Å². The second-order valence-electron chi connectivity index (χ2n) is 4.10. The molecule has 0 spiro atoms. The normalized spacial score (nSPS) is 11.9. The zero-order valence-electron chi connectivity index (χ0n) is 10.7. The summed E-state index contributed by atoms with van der Waals surface area (Å²) in [6.07, 6.45) is 0.735. The van der Waals surface area contributed by atoms with E-state index in [1.807, 2.05) is 17.5 Å². The summed E-state index contributed by atoms with van der Waals surface area (Å²) in [4.78, 5) is 25.2. The molecular weight excluding hydrogens is 268 g/mol. The molecule has 0 aliphatic rings. The fraction of sp³-hybridized carbons (Fsp3) is 0.500. The predicted molar refractivity (Wildman–Crippen MR) is 72.3 cm³/mol. The Hall–Kier alpha value is -1.60. The van der Waals surface area contributed by atoms with Gasteiger partial charge in [0.1, 0.15) is 6.04 Å². The molecule has 1 unspecified atom stereocenters. The molecule has 1 aromatic heterocycles. The highest BCUT2D eigenvalue weighted by molar-refractivity contribution is 7.09. The predicted octanol–water partition coefficient (Wildman–Crippen LogP) is 0.768. The van der Waals surface area contributed by atoms with Gasteiger partial charge in [-0.15, -0.1) is 11.3 Å². The molecule has 0 saturated heterocycles. The number of carbonyl (C=O) groups is 2. The SMILES string of the molecule is CN(CCc1cccs1)C(=O)NC(CCO)C(=O)O. The van der Waals surface area contributed by atoms with Crippen molar-refractivity contribution in [1.82, 2.24) is 10.2 Å². The van der Waals surface area contributed by atoms with E-state index < -0.39 is 18.0 Å². The molecular formula is C12H18N2O4S. The Kier molecular flexibility index (Phi) is 6.31. The number of rotatable bonds is 7. The number of aliphatic carboxylic acids is 1. The molecule has 3 N–H and O–H groups in total. The molecule has 106 valence electrons. The molecule has 7 heteroatoms. The smallest absolute Gasteiger partial charge is 0.326 e. The number of carboxylic acid groups (broad SMARTS) is 1. The van der Waals surface area contributed by atoms with Gasteiger partial charge in [-0.1, -0.05) is 6.07 Å². The maximum atomic E-state index is 11.8. The van der Waals surface area contributed by atoms with Gasteiger partial charge < -0.3 is 20.4 Å². The monoisotopic (exact) mass is 286 g/mol. The fourth-order valence-corrected chi connectivity index (χ4v) is 2.18. The van der Waals surface area contributed by atoms with Crippen molar-refractivity contribution in [3.8, 4) is 0 Å². The number of hydrogen-bond donors (Lipinski definition) is 3. The first kappa shape index (κ1) is 15.5. The lowest BCUT2D eigenvalue weighted by molar-refractivity contribution is -0.139. The number of nitrogens with zero attached hydrogens (tertiary/aromatic N) is 1. The molecule has 0 saturated carbocycles. The molecule has 0 radical (unpaired) electrons. The number of nitrogens with one attached hydrogen (secondary N) is 1. The average molecular weight is 286 g/mol. The maximum Gasteiger partial charge on any atom is 0.326 e. The van der Waals surface area contributed by atoms with E-state index >= 15 is 0 Å². The highest BCUT2D eigenvalue weighted by atomic mass is 32.1. The van der Waals surface area contributed by atoms with E-state index in [1.54, 1.807) is 18.4 Å². The third-order valence-corrected chi connectivity index (χ3v) is 3.57. The lowest BCUT2D eigenvalue weighted by Crippen LogP contribution is -2.47. The van der Waals surface area contributed by atoms with Crippen LogP contribution in [0.1, 0.15) is 11.3 Å². The van der Waals surface area contributed by atoms with Crippen LogP contribution in [0.3, 0.4) is 0 Å². The van der Waals surface area contributed by atoms with Crippen LogP contribution in [0.4, 0.5) is 4.79 Å². The van der Waals surface area contributed by atoms with Gasteiger partial charge in [-0.2, -0.15) is 0 Å². The summed E-state index contributed by atoms with van der Waals surface area (Å²) in [5, 5.41) is 22.0. The van der Waals surface area contributed by atoms with E-state index in [2.05, 4.69) is 5.32 Å². The van der Waals surface area contributed by atoms with Crippen LogP contribution in [-0.4, -0.2) is 53.4 Å². The first-order valence-electron chi connectivity index (χ1n) is 5.92. The zero-order chi connectivity index (χ0) is 14.3. The summed E-state index contributed by atoms with van der Waals surface area (Å²) >= 11 is 1.62. The minimum atomic E-state index is -1.14. The van der Waals surface area contributed by atoms with Crippen molar-refractivity contribution in [1.29, 1.82) is 0 Å². The number of hydrogen-bond acceptors (Lipinski definition) is 4. The summed E-state index contributed by atoms with van der Waals surface area (Å²) < 4.78 is 0. The van der Waals surface area contributed by atoms with Crippen molar-refractivity contribution in [3.05, 3.63) is 22.4 Å². The Morgan fingerprint density at radius 2 is 2.26 bits per heavy atom. The average Bonchev–Trinajstić information content (AvgIpc) is 2.88. The number of carbonyl (C=O) groups excluding carboxylic acids is 1. The van der Waals surface area contributed by atoms with Gasteiger partial charge in [0.25, 0.3) is 0 Å². The van der Waals surface area contributed by atoms with Gasteiger partial charge in [0.15, 0.2) is 0 Å². The molecule has 1 rings (SSSR count). The molecule has 0 aliphatic carbocycles. The van der Waals surface area contributed by atoms with E-state index in [9.17, 15) is 9.59 Å². The zero-order valence-corrected chi connectivity index (χ0v) is 11.5. The molecule has 0 fully saturated rings. The van der Waals surface area contributed by atoms with Crippen molar-refractivity contribution in [2.75, 3.05) is 20.2 Å². The second-order valence-corrected chi connectivity index (χ2v) is 5.14. The van der Waals surface area contributed by atoms with E-state index in [0.717, 1.165) is 6.42 Å². The molecule has 1 atom stereocenters. The summed E-state index contributed by atoms with van der Waals surface area (Å²) in [6, 6.07) is 2.43. The molecule has 0 bridgehead atoms. The highest BCUT2D eigenvalue weighted by Crippen LogP contribution is 2.09. The van der Waals surface area contributed by atoms with Crippen molar-refractivity contribution in [2.24, 2.45) is 0 Å². The van der Waals surface area contributed by atoms with Gasteiger partial charge in [0.2, 0.25) is 0 Å². The Labute approximate surface area is 115 Å². The van der Waals surface area contributed by atoms with E-state index in [-0.39, 0.29) is 13.0 Å². The van der Waals surface area contributed by atoms with Gasteiger partial charge in [0.05, 0.1) is 0 Å². The van der Waals surface area contributed by atoms with Gasteiger partial charge in [-0.25, -0.2) is 9.59 Å². The van der Waals surface area contributed by atoms with Crippen LogP contribution in [0.25, 0.3) is 0 Å². The largest absolute Gasteiger partial charge is 0.480 e. The van der Waals surface area contributed by atoms with Crippen LogP contribution in [0.2, 0.25) is 0 Å². The molecule has 1 aromatic rings. The molecule has 19 heavy (non-hydrogen) atoms. The maximum absolute atomic E-state index is 11.8. The fourth-order valence-electron chi connectivity index (χ4n) is 1.48. The van der Waals surface area contributed by atoms with E-state index in [1.165, 1.54) is 9.78 Å². The van der Waals surface area contributed by atoms with Crippen LogP contribution in [-0.2, 0) is 11.2 Å². The van der Waals surface area contributed by atoms with E-state index in [0.29, 0.717) is 6.54 Å². The van der Waals surface area contributed by atoms with Crippen LogP contribution >= 0.6 is 11.3 Å². The summed E-state index contributed by atoms with van der Waals surface area (Å²) in [6.45, 7) is 0.230. The Morgan fingerprint density at radius 1 is 1.53 bits per heavy atom. The third kappa shape index (κ3) is 5.27. The minimum Gasteiger partial charge on any atom is -0.480 e. The number of urea groups is 1. The minimum absolute atomic E-state index is 0.000161. The van der Waals surface area contributed by atoms with Crippen LogP contribution in [0.5, 0.6) is 0 Å². The molecule has 1 heterocycles. The van der Waals surface area contributed by atoms with Crippen molar-refractivity contribution >= 4 is 23.3 Å². The summed E-state index contributed by atoms with van der Waals surface area (Å²) in [5.74, 6) is -1.14. The van der Waals surface area contributed by atoms with Crippen LogP contribution in [0.15, 0.2) is 17.5 Å².